The van der Waals surface area contributed by atoms with Crippen LogP contribution in [0.4, 0.5) is 0 Å². The van der Waals surface area contributed by atoms with Crippen molar-refractivity contribution in [2.45, 2.75) is 6.92 Å². The zero-order valence-electron chi connectivity index (χ0n) is 8.98. The molecule has 0 unspecified atom stereocenters. The Labute approximate surface area is 106 Å². The third-order valence-electron chi connectivity index (χ3n) is 1.92. The Morgan fingerprint density at radius 3 is 3.12 bits per heavy atom. The predicted molar refractivity (Wildman–Crippen MR) is 63.3 cm³/mol. The molecule has 17 heavy (non-hydrogen) atoms. The number of halogens is 1. The van der Waals surface area contributed by atoms with E-state index in [-0.39, 0.29) is 5.82 Å². The van der Waals surface area contributed by atoms with Crippen molar-refractivity contribution < 1.29 is 9.53 Å². The van der Waals surface area contributed by atoms with Crippen molar-refractivity contribution in [1.29, 1.82) is 0 Å². The summed E-state index contributed by atoms with van der Waals surface area (Å²) in [6.07, 6.45) is 1.63. The van der Waals surface area contributed by atoms with Gasteiger partial charge in [-0.1, -0.05) is 0 Å². The highest BCUT2D eigenvalue weighted by Gasteiger charge is 2.15. The highest BCUT2D eigenvalue weighted by Crippen LogP contribution is 2.22. The summed E-state index contributed by atoms with van der Waals surface area (Å²) < 4.78 is 5.56. The second kappa shape index (κ2) is 5.05. The lowest BCUT2D eigenvalue weighted by atomic mass is 10.3. The number of aromatic nitrogens is 4. The second-order valence-electron chi connectivity index (χ2n) is 3.06. The lowest BCUT2D eigenvalue weighted by molar-refractivity contribution is 0.0512. The fraction of sp³-hybridized carbons (Fsp3) is 0.200. The Bertz CT molecular complexity index is 541. The molecule has 0 fully saturated rings. The van der Waals surface area contributed by atoms with E-state index < -0.39 is 5.97 Å². The maximum absolute atomic E-state index is 11.4. The van der Waals surface area contributed by atoms with Crippen molar-refractivity contribution in [2.75, 3.05) is 6.61 Å². The molecule has 88 valence electrons. The number of hydrogen-bond donors (Lipinski definition) is 1. The Morgan fingerprint density at radius 1 is 1.59 bits per heavy atom. The highest BCUT2D eigenvalue weighted by molar-refractivity contribution is 9.10. The summed E-state index contributed by atoms with van der Waals surface area (Å²) in [5, 5.41) is 6.44. The third-order valence-corrected chi connectivity index (χ3v) is 2.56. The van der Waals surface area contributed by atoms with Crippen LogP contribution >= 0.6 is 15.9 Å². The number of esters is 1. The number of pyridine rings is 1. The molecule has 2 aromatic rings. The van der Waals surface area contributed by atoms with E-state index in [1.165, 1.54) is 0 Å². The number of hydrogen-bond acceptors (Lipinski definition) is 5. The van der Waals surface area contributed by atoms with Crippen LogP contribution in [-0.4, -0.2) is 32.7 Å². The van der Waals surface area contributed by atoms with Crippen LogP contribution in [0.25, 0.3) is 11.5 Å². The number of H-pyrrole nitrogens is 1. The fourth-order valence-corrected chi connectivity index (χ4v) is 1.64. The molecule has 0 saturated carbocycles. The quantitative estimate of drug-likeness (QED) is 0.874. The van der Waals surface area contributed by atoms with Gasteiger partial charge in [0.1, 0.15) is 5.69 Å². The lowest BCUT2D eigenvalue weighted by Crippen LogP contribution is -2.06. The minimum atomic E-state index is -0.529. The van der Waals surface area contributed by atoms with Crippen LogP contribution in [-0.2, 0) is 4.74 Å². The minimum Gasteiger partial charge on any atom is -0.460 e. The van der Waals surface area contributed by atoms with Crippen LogP contribution in [0.5, 0.6) is 0 Å². The van der Waals surface area contributed by atoms with E-state index in [0.29, 0.717) is 18.1 Å². The molecule has 0 saturated heterocycles. The van der Waals surface area contributed by atoms with E-state index in [0.717, 1.165) is 4.47 Å². The van der Waals surface area contributed by atoms with Crippen LogP contribution in [0.15, 0.2) is 22.8 Å². The van der Waals surface area contributed by atoms with Crippen molar-refractivity contribution in [1.82, 2.24) is 20.2 Å². The summed E-state index contributed by atoms with van der Waals surface area (Å²) in [5.41, 5.74) is 0.569. The van der Waals surface area contributed by atoms with Gasteiger partial charge in [-0.05, 0) is 35.0 Å². The summed E-state index contributed by atoms with van der Waals surface area (Å²) >= 11 is 3.34. The maximum Gasteiger partial charge on any atom is 0.375 e. The number of carbonyl (C=O) groups is 1. The first-order chi connectivity index (χ1) is 8.22. The van der Waals surface area contributed by atoms with Gasteiger partial charge in [-0.25, -0.2) is 4.79 Å². The average molecular weight is 297 g/mol. The molecule has 2 heterocycles. The van der Waals surface area contributed by atoms with Gasteiger partial charge in [-0.15, -0.1) is 0 Å². The van der Waals surface area contributed by atoms with Crippen LogP contribution in [0.3, 0.4) is 0 Å². The summed E-state index contributed by atoms with van der Waals surface area (Å²) in [5.74, 6) is -0.113. The van der Waals surface area contributed by atoms with Crippen LogP contribution in [0.1, 0.15) is 17.5 Å². The summed E-state index contributed by atoms with van der Waals surface area (Å²) in [4.78, 5) is 19.5. The normalized spacial score (nSPS) is 10.2. The molecule has 0 aliphatic carbocycles. The molecule has 1 N–H and O–H groups in total. The Balaban J connectivity index is 2.30. The van der Waals surface area contributed by atoms with Gasteiger partial charge in [0.25, 0.3) is 0 Å². The zero-order chi connectivity index (χ0) is 12.3. The van der Waals surface area contributed by atoms with Gasteiger partial charge in [-0.3, -0.25) is 10.1 Å². The number of ether oxygens (including phenoxy) is 1. The van der Waals surface area contributed by atoms with E-state index in [9.17, 15) is 4.79 Å². The topological polar surface area (TPSA) is 80.8 Å². The standard InChI is InChI=1S/C10H9BrN4O2/c1-2-17-10(16)9-13-8(14-15-9)7-6(11)4-3-5-12-7/h3-5H,2H2,1H3,(H,13,14,15). The SMILES string of the molecule is CCOC(=O)c1nc(-c2ncccc2Br)n[nH]1. The molecule has 0 atom stereocenters. The molecule has 0 aromatic carbocycles. The van der Waals surface area contributed by atoms with Crippen molar-refractivity contribution >= 4 is 21.9 Å². The molecule has 0 bridgehead atoms. The first-order valence-electron chi connectivity index (χ1n) is 4.92. The Morgan fingerprint density at radius 2 is 2.41 bits per heavy atom. The van der Waals surface area contributed by atoms with Crippen molar-refractivity contribution in [2.24, 2.45) is 0 Å². The Kier molecular flexibility index (Phi) is 3.48. The summed E-state index contributed by atoms with van der Waals surface area (Å²) in [6, 6.07) is 3.61. The van der Waals surface area contributed by atoms with Gasteiger partial charge >= 0.3 is 5.97 Å². The van der Waals surface area contributed by atoms with Gasteiger partial charge in [0.05, 0.1) is 6.61 Å². The first kappa shape index (κ1) is 11.7. The summed E-state index contributed by atoms with van der Waals surface area (Å²) in [6.45, 7) is 2.02. The van der Waals surface area contributed by atoms with Crippen molar-refractivity contribution in [3.8, 4) is 11.5 Å². The highest BCUT2D eigenvalue weighted by atomic mass is 79.9. The molecular formula is C10H9BrN4O2. The van der Waals surface area contributed by atoms with E-state index >= 15 is 0 Å². The first-order valence-corrected chi connectivity index (χ1v) is 5.72. The van der Waals surface area contributed by atoms with E-state index in [2.05, 4.69) is 36.1 Å². The molecule has 0 radical (unpaired) electrons. The van der Waals surface area contributed by atoms with E-state index in [1.807, 2.05) is 6.07 Å². The number of carbonyl (C=O) groups excluding carboxylic acids is 1. The molecule has 2 rings (SSSR count). The largest absolute Gasteiger partial charge is 0.460 e. The molecule has 2 aromatic heterocycles. The number of aromatic amines is 1. The molecule has 0 aliphatic rings. The zero-order valence-corrected chi connectivity index (χ0v) is 10.6. The summed E-state index contributed by atoms with van der Waals surface area (Å²) in [7, 11) is 0. The molecule has 6 nitrogen and oxygen atoms in total. The second-order valence-corrected chi connectivity index (χ2v) is 3.92. The predicted octanol–water partition coefficient (Wildman–Crippen LogP) is 1.81. The number of nitrogens with zero attached hydrogens (tertiary/aromatic N) is 3. The average Bonchev–Trinajstić information content (AvgIpc) is 2.79. The van der Waals surface area contributed by atoms with Gasteiger partial charge < -0.3 is 4.74 Å². The van der Waals surface area contributed by atoms with E-state index in [4.69, 9.17) is 4.74 Å². The smallest absolute Gasteiger partial charge is 0.375 e. The van der Waals surface area contributed by atoms with Gasteiger partial charge in [0.2, 0.25) is 11.6 Å². The minimum absolute atomic E-state index is 0.0689. The molecule has 0 spiro atoms. The van der Waals surface area contributed by atoms with Crippen molar-refractivity contribution in [3.05, 3.63) is 28.6 Å². The third kappa shape index (κ3) is 2.50. The van der Waals surface area contributed by atoms with Crippen LogP contribution < -0.4 is 0 Å². The Hall–Kier alpha value is -1.76. The van der Waals surface area contributed by atoms with Crippen LogP contribution in [0.2, 0.25) is 0 Å². The molecule has 7 heteroatoms. The van der Waals surface area contributed by atoms with E-state index in [1.54, 1.807) is 19.2 Å². The van der Waals surface area contributed by atoms with Crippen LogP contribution in [0, 0.1) is 0 Å². The van der Waals surface area contributed by atoms with Gasteiger partial charge in [-0.2, -0.15) is 10.1 Å². The fourth-order valence-electron chi connectivity index (χ4n) is 1.21. The van der Waals surface area contributed by atoms with Crippen molar-refractivity contribution in [3.63, 3.8) is 0 Å². The monoisotopic (exact) mass is 296 g/mol. The molecule has 0 amide bonds. The molecule has 0 aliphatic heterocycles. The van der Waals surface area contributed by atoms with Gasteiger partial charge in [0.15, 0.2) is 0 Å². The maximum atomic E-state index is 11.4. The lowest BCUT2D eigenvalue weighted by Gasteiger charge is -1.96. The van der Waals surface area contributed by atoms with Gasteiger partial charge in [0, 0.05) is 10.7 Å². The molecular weight excluding hydrogens is 288 g/mol. The number of nitrogens with one attached hydrogen (secondary N) is 1. The number of rotatable bonds is 3.